The Morgan fingerprint density at radius 1 is 0.905 bits per heavy atom. The molecule has 0 radical (unpaired) electrons. The number of hydrogen-bond acceptors (Lipinski definition) is 6. The van der Waals surface area contributed by atoms with Crippen molar-refractivity contribution in [2.45, 2.75) is 57.6 Å². The zero-order chi connectivity index (χ0) is 30.9. The molecule has 9 nitrogen and oxygen atoms in total. The van der Waals surface area contributed by atoms with E-state index in [9.17, 15) is 18.0 Å². The molecule has 0 fully saturated rings. The van der Waals surface area contributed by atoms with E-state index in [1.54, 1.807) is 55.6 Å². The predicted molar refractivity (Wildman–Crippen MR) is 167 cm³/mol. The molecule has 3 rings (SSSR count). The number of nitrogens with zero attached hydrogens (tertiary/aromatic N) is 2. The molecular formula is C31H38BrN3O6S. The molecule has 0 spiro atoms. The van der Waals surface area contributed by atoms with Gasteiger partial charge in [0.25, 0.3) is 10.0 Å². The molecule has 0 aliphatic carbocycles. The Labute approximate surface area is 257 Å². The van der Waals surface area contributed by atoms with Crippen LogP contribution < -0.4 is 19.1 Å². The van der Waals surface area contributed by atoms with E-state index in [2.05, 4.69) is 21.2 Å². The van der Waals surface area contributed by atoms with Gasteiger partial charge in [-0.2, -0.15) is 0 Å². The Morgan fingerprint density at radius 3 is 2.02 bits per heavy atom. The number of methoxy groups -OCH3 is 1. The second-order valence-corrected chi connectivity index (χ2v) is 12.6. The van der Waals surface area contributed by atoms with E-state index in [1.807, 2.05) is 39.8 Å². The van der Waals surface area contributed by atoms with Crippen molar-refractivity contribution in [2.75, 3.05) is 24.6 Å². The number of rotatable bonds is 14. The third-order valence-electron chi connectivity index (χ3n) is 6.45. The quantitative estimate of drug-likeness (QED) is 0.249. The van der Waals surface area contributed by atoms with Crippen LogP contribution in [0.1, 0.15) is 39.7 Å². The van der Waals surface area contributed by atoms with E-state index in [-0.39, 0.29) is 23.4 Å². The summed E-state index contributed by atoms with van der Waals surface area (Å²) in [5.74, 6) is 0.401. The van der Waals surface area contributed by atoms with Crippen LogP contribution in [0.15, 0.2) is 82.2 Å². The fourth-order valence-corrected chi connectivity index (χ4v) is 6.04. The zero-order valence-electron chi connectivity index (χ0n) is 24.5. The van der Waals surface area contributed by atoms with Crippen LogP contribution >= 0.6 is 15.9 Å². The molecule has 1 unspecified atom stereocenters. The van der Waals surface area contributed by atoms with Gasteiger partial charge in [0.15, 0.2) is 0 Å². The summed E-state index contributed by atoms with van der Waals surface area (Å²) in [5, 5.41) is 2.89. The smallest absolute Gasteiger partial charge is 0.264 e. The molecule has 226 valence electrons. The van der Waals surface area contributed by atoms with Gasteiger partial charge in [0.1, 0.15) is 24.1 Å². The zero-order valence-corrected chi connectivity index (χ0v) is 26.9. The summed E-state index contributed by atoms with van der Waals surface area (Å²) in [4.78, 5) is 28.8. The molecule has 0 saturated heterocycles. The van der Waals surface area contributed by atoms with Crippen LogP contribution in [0.4, 0.5) is 5.69 Å². The van der Waals surface area contributed by atoms with Gasteiger partial charge in [-0.15, -0.1) is 0 Å². The Kier molecular flexibility index (Phi) is 11.8. The van der Waals surface area contributed by atoms with Gasteiger partial charge < -0.3 is 19.7 Å². The first-order chi connectivity index (χ1) is 20.0. The second-order valence-electron chi connectivity index (χ2n) is 9.85. The molecule has 0 aliphatic rings. The maximum absolute atomic E-state index is 14.1. The van der Waals surface area contributed by atoms with Crippen LogP contribution in [0.2, 0.25) is 0 Å². The summed E-state index contributed by atoms with van der Waals surface area (Å²) >= 11 is 3.34. The summed E-state index contributed by atoms with van der Waals surface area (Å²) < 4.78 is 40.5. The Morgan fingerprint density at radius 2 is 1.50 bits per heavy atom. The van der Waals surface area contributed by atoms with Crippen LogP contribution in [0.5, 0.6) is 11.5 Å². The van der Waals surface area contributed by atoms with Crippen molar-refractivity contribution < 1.29 is 27.5 Å². The normalized spacial score (nSPS) is 12.0. The van der Waals surface area contributed by atoms with Crippen molar-refractivity contribution >= 4 is 43.5 Å². The third kappa shape index (κ3) is 8.48. The highest BCUT2D eigenvalue weighted by Gasteiger charge is 2.34. The van der Waals surface area contributed by atoms with E-state index < -0.39 is 28.5 Å². The number of benzene rings is 3. The minimum absolute atomic E-state index is 0.0266. The Hall–Kier alpha value is -3.57. The number of halogens is 1. The first-order valence-corrected chi connectivity index (χ1v) is 16.0. The average Bonchev–Trinajstić information content (AvgIpc) is 2.96. The highest BCUT2D eigenvalue weighted by atomic mass is 79.9. The number of ether oxygens (including phenoxy) is 2. The summed E-state index contributed by atoms with van der Waals surface area (Å²) in [6.45, 7) is 7.40. The number of nitrogens with one attached hydrogen (secondary N) is 1. The molecule has 1 N–H and O–H groups in total. The largest absolute Gasteiger partial charge is 0.497 e. The molecule has 0 aromatic heterocycles. The standard InChI is InChI=1S/C31H38BrN3O6S/c1-6-29(31(37)33-22(3)4)34(20-23-8-14-26(40-5)15-9-23)30(36)21-35(25-12-16-27(17-13-25)41-7-2)42(38,39)28-18-10-24(32)11-19-28/h8-19,22,29H,6-7,20-21H2,1-5H3,(H,33,37). The van der Waals surface area contributed by atoms with Crippen LogP contribution in [0.25, 0.3) is 0 Å². The van der Waals surface area contributed by atoms with E-state index in [0.717, 1.165) is 14.3 Å². The summed E-state index contributed by atoms with van der Waals surface area (Å²) in [5.41, 5.74) is 1.06. The molecule has 42 heavy (non-hydrogen) atoms. The molecule has 0 saturated carbocycles. The van der Waals surface area contributed by atoms with Crippen molar-refractivity contribution in [3.05, 3.63) is 82.8 Å². The molecule has 2 amide bonds. The Balaban J connectivity index is 2.06. The SMILES string of the molecule is CCOc1ccc(N(CC(=O)N(Cc2ccc(OC)cc2)C(CC)C(=O)NC(C)C)S(=O)(=O)c2ccc(Br)cc2)cc1. The van der Waals surface area contributed by atoms with E-state index in [4.69, 9.17) is 9.47 Å². The Bertz CT molecular complexity index is 1430. The van der Waals surface area contributed by atoms with Crippen molar-refractivity contribution in [2.24, 2.45) is 0 Å². The molecular weight excluding hydrogens is 622 g/mol. The second kappa shape index (κ2) is 15.1. The van der Waals surface area contributed by atoms with Crippen LogP contribution in [-0.4, -0.2) is 57.5 Å². The average molecular weight is 661 g/mol. The van der Waals surface area contributed by atoms with Gasteiger partial charge in [0.2, 0.25) is 11.8 Å². The lowest BCUT2D eigenvalue weighted by molar-refractivity contribution is -0.140. The number of sulfonamides is 1. The van der Waals surface area contributed by atoms with Crippen LogP contribution in [-0.2, 0) is 26.2 Å². The monoisotopic (exact) mass is 659 g/mol. The molecule has 0 aliphatic heterocycles. The number of carbonyl (C=O) groups is 2. The molecule has 0 heterocycles. The first kappa shape index (κ1) is 32.9. The van der Waals surface area contributed by atoms with E-state index in [0.29, 0.717) is 30.2 Å². The highest BCUT2D eigenvalue weighted by Crippen LogP contribution is 2.28. The van der Waals surface area contributed by atoms with Gasteiger partial charge >= 0.3 is 0 Å². The number of hydrogen-bond donors (Lipinski definition) is 1. The maximum Gasteiger partial charge on any atom is 0.264 e. The fraction of sp³-hybridized carbons (Fsp3) is 0.355. The predicted octanol–water partition coefficient (Wildman–Crippen LogP) is 5.38. The fourth-order valence-electron chi connectivity index (χ4n) is 4.37. The van der Waals surface area contributed by atoms with Crippen molar-refractivity contribution in [1.29, 1.82) is 0 Å². The van der Waals surface area contributed by atoms with Crippen LogP contribution in [0, 0.1) is 0 Å². The lowest BCUT2D eigenvalue weighted by atomic mass is 10.1. The summed E-state index contributed by atoms with van der Waals surface area (Å²) in [6, 6.07) is 19.0. The van der Waals surface area contributed by atoms with Gasteiger partial charge in [0.05, 0.1) is 24.3 Å². The van der Waals surface area contributed by atoms with Gasteiger partial charge in [-0.25, -0.2) is 8.42 Å². The van der Waals surface area contributed by atoms with Crippen molar-refractivity contribution in [3.8, 4) is 11.5 Å². The first-order valence-electron chi connectivity index (χ1n) is 13.7. The van der Waals surface area contributed by atoms with Gasteiger partial charge in [-0.3, -0.25) is 13.9 Å². The lowest BCUT2D eigenvalue weighted by Crippen LogP contribution is -2.53. The van der Waals surface area contributed by atoms with Crippen molar-refractivity contribution in [1.82, 2.24) is 10.2 Å². The number of anilines is 1. The minimum atomic E-state index is -4.17. The number of amides is 2. The van der Waals surface area contributed by atoms with E-state index >= 15 is 0 Å². The third-order valence-corrected chi connectivity index (χ3v) is 8.76. The molecule has 3 aromatic carbocycles. The van der Waals surface area contributed by atoms with Gasteiger partial charge in [-0.1, -0.05) is 35.0 Å². The summed E-state index contributed by atoms with van der Waals surface area (Å²) in [7, 11) is -2.61. The van der Waals surface area contributed by atoms with E-state index in [1.165, 1.54) is 17.0 Å². The van der Waals surface area contributed by atoms with Crippen molar-refractivity contribution in [3.63, 3.8) is 0 Å². The molecule has 0 bridgehead atoms. The maximum atomic E-state index is 14.1. The summed E-state index contributed by atoms with van der Waals surface area (Å²) in [6.07, 6.45) is 0.336. The topological polar surface area (TPSA) is 105 Å². The molecule has 1 atom stereocenters. The van der Waals surface area contributed by atoms with Gasteiger partial charge in [0, 0.05) is 17.1 Å². The molecule has 11 heteroatoms. The van der Waals surface area contributed by atoms with Crippen LogP contribution in [0.3, 0.4) is 0 Å². The minimum Gasteiger partial charge on any atom is -0.497 e. The highest BCUT2D eigenvalue weighted by molar-refractivity contribution is 9.10. The number of carbonyl (C=O) groups excluding carboxylic acids is 2. The lowest BCUT2D eigenvalue weighted by Gasteiger charge is -2.33. The molecule has 3 aromatic rings. The van der Waals surface area contributed by atoms with Gasteiger partial charge in [-0.05, 0) is 93.4 Å².